The van der Waals surface area contributed by atoms with Crippen LogP contribution in [0.1, 0.15) is 77.8 Å². The van der Waals surface area contributed by atoms with Crippen molar-refractivity contribution < 1.29 is 14.3 Å². The number of aryl methyl sites for hydroxylation is 4. The van der Waals surface area contributed by atoms with Crippen LogP contribution in [0.25, 0.3) is 5.69 Å². The van der Waals surface area contributed by atoms with Crippen LogP contribution < -0.4 is 5.32 Å². The molecule has 0 aliphatic carbocycles. The number of carbonyl (C=O) groups is 2. The van der Waals surface area contributed by atoms with Gasteiger partial charge in [0.05, 0.1) is 23.1 Å². The predicted octanol–water partition coefficient (Wildman–Crippen LogP) is 6.47. The van der Waals surface area contributed by atoms with Crippen molar-refractivity contribution >= 4 is 17.7 Å². The molecule has 37 heavy (non-hydrogen) atoms. The van der Waals surface area contributed by atoms with E-state index in [2.05, 4.69) is 43.4 Å². The van der Waals surface area contributed by atoms with Gasteiger partial charge in [-0.3, -0.25) is 4.79 Å². The molecule has 0 saturated carbocycles. The fourth-order valence-corrected chi connectivity index (χ4v) is 4.97. The second-order valence-corrected chi connectivity index (χ2v) is 11.2. The smallest absolute Gasteiger partial charge is 0.410 e. The predicted molar refractivity (Wildman–Crippen MR) is 147 cm³/mol. The molecule has 7 nitrogen and oxygen atoms in total. The first-order valence-electron chi connectivity index (χ1n) is 12.9. The van der Waals surface area contributed by atoms with Crippen LogP contribution in [-0.2, 0) is 4.74 Å². The fraction of sp³-hybridized carbons (Fsp3) is 0.433. The molecular formula is C30H38N4O3. The standard InChI is InChI=1S/C30H38N4O3/c1-19-8-10-25(21(3)16-19)32-28(35)24-18-31-34(26-11-9-20(2)17-22(26)4)27(24)23-12-14-33(15-13-23)29(36)37-30(5,6)7/h8-11,16-18,23H,12-15H2,1-7H3,(H,32,35). The van der Waals surface area contributed by atoms with Crippen molar-refractivity contribution in [3.8, 4) is 5.69 Å². The molecule has 0 spiro atoms. The number of hydrogen-bond acceptors (Lipinski definition) is 4. The SMILES string of the molecule is Cc1ccc(NC(=O)c2cnn(-c3ccc(C)cc3C)c2C2CCN(C(=O)OC(C)(C)C)CC2)c(C)c1. The second kappa shape index (κ2) is 10.4. The topological polar surface area (TPSA) is 76.5 Å². The maximum Gasteiger partial charge on any atom is 0.410 e. The van der Waals surface area contributed by atoms with Crippen LogP contribution in [0.5, 0.6) is 0 Å². The van der Waals surface area contributed by atoms with E-state index in [0.717, 1.165) is 46.6 Å². The molecule has 1 N–H and O–H groups in total. The molecule has 196 valence electrons. The quantitative estimate of drug-likeness (QED) is 0.443. The Balaban J connectivity index is 1.66. The van der Waals surface area contributed by atoms with Crippen molar-refractivity contribution in [2.45, 2.75) is 72.8 Å². The fourth-order valence-electron chi connectivity index (χ4n) is 4.97. The number of carbonyl (C=O) groups excluding carboxylic acids is 2. The second-order valence-electron chi connectivity index (χ2n) is 11.2. The molecule has 0 atom stereocenters. The summed E-state index contributed by atoms with van der Waals surface area (Å²) in [7, 11) is 0. The summed E-state index contributed by atoms with van der Waals surface area (Å²) in [5.74, 6) is -0.103. The van der Waals surface area contributed by atoms with Crippen molar-refractivity contribution in [1.29, 1.82) is 0 Å². The van der Waals surface area contributed by atoms with Gasteiger partial charge in [0, 0.05) is 24.7 Å². The maximum atomic E-state index is 13.6. The highest BCUT2D eigenvalue weighted by atomic mass is 16.6. The van der Waals surface area contributed by atoms with Gasteiger partial charge in [-0.25, -0.2) is 9.48 Å². The highest BCUT2D eigenvalue weighted by molar-refractivity contribution is 6.05. The van der Waals surface area contributed by atoms with Crippen LogP contribution >= 0.6 is 0 Å². The molecule has 0 radical (unpaired) electrons. The average Bonchev–Trinajstić information content (AvgIpc) is 3.25. The van der Waals surface area contributed by atoms with Crippen LogP contribution in [0.4, 0.5) is 10.5 Å². The van der Waals surface area contributed by atoms with E-state index in [1.807, 2.05) is 51.4 Å². The molecule has 0 unspecified atom stereocenters. The Morgan fingerprint density at radius 1 is 0.946 bits per heavy atom. The summed E-state index contributed by atoms with van der Waals surface area (Å²) in [6.07, 6.45) is 2.83. The molecule has 2 aromatic carbocycles. The molecule has 7 heteroatoms. The number of anilines is 1. The zero-order valence-corrected chi connectivity index (χ0v) is 23.0. The van der Waals surface area contributed by atoms with Gasteiger partial charge in [-0.1, -0.05) is 35.4 Å². The van der Waals surface area contributed by atoms with Gasteiger partial charge in [0.2, 0.25) is 0 Å². The first-order chi connectivity index (χ1) is 17.4. The third-order valence-corrected chi connectivity index (χ3v) is 6.80. The van der Waals surface area contributed by atoms with Gasteiger partial charge in [-0.2, -0.15) is 5.10 Å². The van der Waals surface area contributed by atoms with E-state index in [1.54, 1.807) is 11.1 Å². The van der Waals surface area contributed by atoms with Gasteiger partial charge in [0.25, 0.3) is 5.91 Å². The maximum absolute atomic E-state index is 13.6. The molecule has 1 saturated heterocycles. The monoisotopic (exact) mass is 502 g/mol. The van der Waals surface area contributed by atoms with Crippen LogP contribution in [0.3, 0.4) is 0 Å². The lowest BCUT2D eigenvalue weighted by atomic mass is 9.90. The molecule has 3 aromatic rings. The lowest BCUT2D eigenvalue weighted by Crippen LogP contribution is -2.41. The molecule has 2 heterocycles. The molecular weight excluding hydrogens is 464 g/mol. The van der Waals surface area contributed by atoms with Gasteiger partial charge in [0.15, 0.2) is 0 Å². The van der Waals surface area contributed by atoms with Crippen LogP contribution in [0, 0.1) is 27.7 Å². The van der Waals surface area contributed by atoms with E-state index in [4.69, 9.17) is 9.84 Å². The lowest BCUT2D eigenvalue weighted by molar-refractivity contribution is 0.0203. The third kappa shape index (κ3) is 6.04. The number of likely N-dealkylation sites (tertiary alicyclic amines) is 1. The minimum Gasteiger partial charge on any atom is -0.444 e. The van der Waals surface area contributed by atoms with Crippen molar-refractivity contribution in [2.24, 2.45) is 0 Å². The molecule has 1 aliphatic heterocycles. The van der Waals surface area contributed by atoms with E-state index < -0.39 is 5.60 Å². The van der Waals surface area contributed by atoms with Gasteiger partial charge < -0.3 is 15.0 Å². The van der Waals surface area contributed by atoms with E-state index in [9.17, 15) is 9.59 Å². The Hall–Kier alpha value is -3.61. The van der Waals surface area contributed by atoms with Crippen LogP contribution in [-0.4, -0.2) is 45.4 Å². The Morgan fingerprint density at radius 2 is 1.57 bits per heavy atom. The molecule has 1 aromatic heterocycles. The zero-order valence-electron chi connectivity index (χ0n) is 23.0. The van der Waals surface area contributed by atoms with E-state index >= 15 is 0 Å². The molecule has 2 amide bonds. The summed E-state index contributed by atoms with van der Waals surface area (Å²) in [6.45, 7) is 14.9. The third-order valence-electron chi connectivity index (χ3n) is 6.80. The van der Waals surface area contributed by atoms with Gasteiger partial charge in [0.1, 0.15) is 5.60 Å². The number of rotatable bonds is 4. The molecule has 0 bridgehead atoms. The Kier molecular flexibility index (Phi) is 7.44. The minimum atomic E-state index is -0.533. The number of amides is 2. The number of hydrogen-bond donors (Lipinski definition) is 1. The lowest BCUT2D eigenvalue weighted by Gasteiger charge is -2.34. The van der Waals surface area contributed by atoms with Crippen molar-refractivity contribution in [3.63, 3.8) is 0 Å². The molecule has 1 fully saturated rings. The van der Waals surface area contributed by atoms with Crippen LogP contribution in [0.15, 0.2) is 42.6 Å². The Bertz CT molecular complexity index is 1310. The van der Waals surface area contributed by atoms with Crippen LogP contribution in [0.2, 0.25) is 0 Å². The molecule has 4 rings (SSSR count). The Labute approximate surface area is 219 Å². The first-order valence-corrected chi connectivity index (χ1v) is 12.9. The average molecular weight is 503 g/mol. The summed E-state index contributed by atoms with van der Waals surface area (Å²) >= 11 is 0. The van der Waals surface area contributed by atoms with Crippen molar-refractivity contribution in [1.82, 2.24) is 14.7 Å². The van der Waals surface area contributed by atoms with Gasteiger partial charge in [-0.05, 0) is 84.6 Å². The van der Waals surface area contributed by atoms with Crippen molar-refractivity contribution in [3.05, 3.63) is 76.1 Å². The van der Waals surface area contributed by atoms with E-state index in [0.29, 0.717) is 18.7 Å². The number of benzene rings is 2. The number of nitrogens with one attached hydrogen (secondary N) is 1. The van der Waals surface area contributed by atoms with Gasteiger partial charge >= 0.3 is 6.09 Å². The number of nitrogens with zero attached hydrogens (tertiary/aromatic N) is 3. The summed E-state index contributed by atoms with van der Waals surface area (Å²) < 4.78 is 7.49. The summed E-state index contributed by atoms with van der Waals surface area (Å²) in [5.41, 5.74) is 7.10. The van der Waals surface area contributed by atoms with Crippen molar-refractivity contribution in [2.75, 3.05) is 18.4 Å². The highest BCUT2D eigenvalue weighted by Gasteiger charge is 2.32. The molecule has 1 aliphatic rings. The van der Waals surface area contributed by atoms with Gasteiger partial charge in [-0.15, -0.1) is 0 Å². The number of ether oxygens (including phenoxy) is 1. The number of piperidine rings is 1. The highest BCUT2D eigenvalue weighted by Crippen LogP contribution is 2.34. The summed E-state index contributed by atoms with van der Waals surface area (Å²) in [4.78, 5) is 28.0. The van der Waals surface area contributed by atoms with E-state index in [1.165, 1.54) is 5.56 Å². The minimum absolute atomic E-state index is 0.0711. The zero-order chi connectivity index (χ0) is 26.9. The first kappa shape index (κ1) is 26.5. The summed E-state index contributed by atoms with van der Waals surface area (Å²) in [5, 5.41) is 7.80. The normalized spacial score (nSPS) is 14.5. The van der Waals surface area contributed by atoms with E-state index in [-0.39, 0.29) is 17.9 Å². The largest absolute Gasteiger partial charge is 0.444 e. The number of aromatic nitrogens is 2. The Morgan fingerprint density at radius 3 is 2.16 bits per heavy atom. The summed E-state index contributed by atoms with van der Waals surface area (Å²) in [6, 6.07) is 12.2.